The Hall–Kier alpha value is -2.41. The molecule has 3 aromatic rings. The summed E-state index contributed by atoms with van der Waals surface area (Å²) >= 11 is 0. The van der Waals surface area contributed by atoms with E-state index in [0.29, 0.717) is 17.3 Å². The van der Waals surface area contributed by atoms with Gasteiger partial charge in [-0.25, -0.2) is 9.97 Å². The Labute approximate surface area is 167 Å². The molecule has 1 aromatic carbocycles. The zero-order valence-corrected chi connectivity index (χ0v) is 15.9. The summed E-state index contributed by atoms with van der Waals surface area (Å²) in [5, 5.41) is 14.3. The number of aromatic carboxylic acids is 1. The fraction of sp³-hybridized carbons (Fsp3) is 0.0556. The molecule has 0 atom stereocenters. The van der Waals surface area contributed by atoms with E-state index in [-0.39, 0.29) is 41.0 Å². The van der Waals surface area contributed by atoms with Gasteiger partial charge in [-0.1, -0.05) is 18.2 Å². The average molecular weight is 343 g/mol. The number of aromatic nitrogens is 2. The number of ether oxygens (including phenoxy) is 1. The van der Waals surface area contributed by atoms with Crippen LogP contribution in [0, 0.1) is 6.92 Å². The van der Waals surface area contributed by atoms with Gasteiger partial charge in [-0.05, 0) is 37.3 Å². The van der Waals surface area contributed by atoms with Gasteiger partial charge < -0.3 is 20.0 Å². The summed E-state index contributed by atoms with van der Waals surface area (Å²) in [5.74, 6) is -0.242. The van der Waals surface area contributed by atoms with Crippen LogP contribution in [0.4, 0.5) is 11.5 Å². The summed E-state index contributed by atoms with van der Waals surface area (Å²) in [6.07, 6.45) is 1.57. The molecule has 0 aliphatic rings. The molecule has 0 fully saturated rings. The molecule has 3 rings (SSSR count). The topological polar surface area (TPSA) is 87.2 Å². The molecule has 0 aliphatic heterocycles. The van der Waals surface area contributed by atoms with Crippen LogP contribution < -0.4 is 44.7 Å². The number of carbonyl (C=O) groups is 1. The molecule has 2 aromatic heterocycles. The first-order chi connectivity index (χ1) is 11.6. The molecule has 7 heteroatoms. The van der Waals surface area contributed by atoms with Crippen molar-refractivity contribution >= 4 is 17.5 Å². The Balaban J connectivity index is 0.00000225. The van der Waals surface area contributed by atoms with Crippen LogP contribution in [0.15, 0.2) is 60.8 Å². The number of hydrogen-bond acceptors (Lipinski definition) is 6. The van der Waals surface area contributed by atoms with Crippen molar-refractivity contribution in [2.24, 2.45) is 0 Å². The Kier molecular flexibility index (Phi) is 6.52. The van der Waals surface area contributed by atoms with Crippen LogP contribution >= 0.6 is 0 Å². The Morgan fingerprint density at radius 1 is 1.12 bits per heavy atom. The monoisotopic (exact) mass is 343 g/mol. The molecule has 6 nitrogen and oxygen atoms in total. The third-order valence-electron chi connectivity index (χ3n) is 3.20. The first-order valence-corrected chi connectivity index (χ1v) is 7.27. The molecule has 0 bridgehead atoms. The van der Waals surface area contributed by atoms with E-state index in [1.165, 1.54) is 0 Å². The summed E-state index contributed by atoms with van der Waals surface area (Å²) in [6, 6.07) is 16.1. The van der Waals surface area contributed by atoms with Gasteiger partial charge in [0.25, 0.3) is 0 Å². The van der Waals surface area contributed by atoms with Crippen LogP contribution in [0.5, 0.6) is 11.5 Å². The van der Waals surface area contributed by atoms with Crippen molar-refractivity contribution in [3.8, 4) is 11.5 Å². The van der Waals surface area contributed by atoms with E-state index in [1.54, 1.807) is 37.4 Å². The van der Waals surface area contributed by atoms with Gasteiger partial charge in [0.1, 0.15) is 17.3 Å². The summed E-state index contributed by atoms with van der Waals surface area (Å²) in [5.41, 5.74) is 1.22. The van der Waals surface area contributed by atoms with Crippen LogP contribution in [-0.4, -0.2) is 15.9 Å². The van der Waals surface area contributed by atoms with Gasteiger partial charge in [-0.3, -0.25) is 0 Å². The van der Waals surface area contributed by atoms with Gasteiger partial charge in [0.15, 0.2) is 5.75 Å². The molecule has 25 heavy (non-hydrogen) atoms. The molecule has 120 valence electrons. The predicted octanol–water partition coefficient (Wildman–Crippen LogP) is -0.312. The van der Waals surface area contributed by atoms with Gasteiger partial charge in [0.2, 0.25) is 0 Å². The minimum Gasteiger partial charge on any atom is -0.543 e. The zero-order valence-electron chi connectivity index (χ0n) is 13.9. The maximum Gasteiger partial charge on any atom is 1.00 e. The van der Waals surface area contributed by atoms with Crippen LogP contribution in [0.3, 0.4) is 0 Å². The molecule has 1 N–H and O–H groups in total. The molecule has 0 amide bonds. The first kappa shape index (κ1) is 18.9. The second-order valence-corrected chi connectivity index (χ2v) is 5.06. The summed E-state index contributed by atoms with van der Waals surface area (Å²) in [6.45, 7) is 1.70. The largest absolute Gasteiger partial charge is 1.00 e. The number of carboxylic acids is 1. The van der Waals surface area contributed by atoms with E-state index >= 15 is 0 Å². The average Bonchev–Trinajstić information content (AvgIpc) is 2.57. The molecule has 0 unspecified atom stereocenters. The van der Waals surface area contributed by atoms with Crippen LogP contribution in [0.2, 0.25) is 0 Å². The fourth-order valence-electron chi connectivity index (χ4n) is 2.11. The number of aryl methyl sites for hydroxylation is 1. The van der Waals surface area contributed by atoms with Gasteiger partial charge in [0, 0.05) is 23.6 Å². The van der Waals surface area contributed by atoms with Crippen molar-refractivity contribution in [2.45, 2.75) is 6.92 Å². The Bertz CT molecular complexity index is 872. The molecule has 0 radical (unpaired) electrons. The van der Waals surface area contributed by atoms with E-state index in [4.69, 9.17) is 4.74 Å². The summed E-state index contributed by atoms with van der Waals surface area (Å²) in [4.78, 5) is 19.3. The third kappa shape index (κ3) is 5.03. The predicted molar refractivity (Wildman–Crippen MR) is 87.3 cm³/mol. The smallest absolute Gasteiger partial charge is 0.543 e. The van der Waals surface area contributed by atoms with Gasteiger partial charge in [0.05, 0.1) is 5.97 Å². The van der Waals surface area contributed by atoms with Crippen LogP contribution in [-0.2, 0) is 0 Å². The van der Waals surface area contributed by atoms with Crippen molar-refractivity contribution in [2.75, 3.05) is 5.32 Å². The van der Waals surface area contributed by atoms with E-state index in [1.807, 2.05) is 30.3 Å². The van der Waals surface area contributed by atoms with Crippen molar-refractivity contribution in [3.63, 3.8) is 0 Å². The third-order valence-corrected chi connectivity index (χ3v) is 3.20. The quantitative estimate of drug-likeness (QED) is 0.640. The zero-order chi connectivity index (χ0) is 16.9. The number of anilines is 2. The molecular formula is C18H14N3NaO3. The number of nitrogens with zero attached hydrogens (tertiary/aromatic N) is 2. The van der Waals surface area contributed by atoms with Gasteiger partial charge in [-0.2, -0.15) is 0 Å². The fourth-order valence-corrected chi connectivity index (χ4v) is 2.11. The first-order valence-electron chi connectivity index (χ1n) is 7.27. The normalized spacial score (nSPS) is 9.80. The van der Waals surface area contributed by atoms with E-state index < -0.39 is 5.97 Å². The number of hydrogen-bond donors (Lipinski definition) is 1. The minimum absolute atomic E-state index is 0. The molecule has 0 saturated carbocycles. The Morgan fingerprint density at radius 2 is 1.88 bits per heavy atom. The van der Waals surface area contributed by atoms with Gasteiger partial charge in [-0.15, -0.1) is 0 Å². The number of para-hydroxylation sites is 1. The molecule has 0 aliphatic carbocycles. The van der Waals surface area contributed by atoms with E-state index in [0.717, 1.165) is 5.69 Å². The van der Waals surface area contributed by atoms with Crippen molar-refractivity contribution in [3.05, 3.63) is 72.2 Å². The SMILES string of the molecule is Cc1ccc(Oc2ccnc(Nc3ccccc3)c2)c(C(=O)[O-])n1.[Na+]. The number of carboxylic acid groups (broad SMARTS) is 1. The number of nitrogens with one attached hydrogen (secondary N) is 1. The maximum atomic E-state index is 11.2. The van der Waals surface area contributed by atoms with Crippen molar-refractivity contribution in [1.82, 2.24) is 9.97 Å². The van der Waals surface area contributed by atoms with Crippen LogP contribution in [0.25, 0.3) is 0 Å². The second-order valence-electron chi connectivity index (χ2n) is 5.06. The van der Waals surface area contributed by atoms with E-state index in [2.05, 4.69) is 15.3 Å². The standard InChI is InChI=1S/C18H15N3O3.Na/c1-12-7-8-15(17(20-12)18(22)23)24-14-9-10-19-16(11-14)21-13-5-3-2-4-6-13;/h2-11H,1H3,(H,19,21)(H,22,23);/q;+1/p-1. The number of benzene rings is 1. The van der Waals surface area contributed by atoms with E-state index in [9.17, 15) is 9.90 Å². The van der Waals surface area contributed by atoms with Gasteiger partial charge >= 0.3 is 29.6 Å². The summed E-state index contributed by atoms with van der Waals surface area (Å²) < 4.78 is 5.64. The summed E-state index contributed by atoms with van der Waals surface area (Å²) in [7, 11) is 0. The number of rotatable bonds is 5. The number of pyridine rings is 2. The molecule has 0 saturated heterocycles. The van der Waals surface area contributed by atoms with Crippen molar-refractivity contribution < 1.29 is 44.2 Å². The number of carbonyl (C=O) groups excluding carboxylic acids is 1. The second kappa shape index (κ2) is 8.62. The van der Waals surface area contributed by atoms with Crippen LogP contribution in [0.1, 0.15) is 16.2 Å². The molecule has 0 spiro atoms. The molecule has 2 heterocycles. The Morgan fingerprint density at radius 3 is 2.60 bits per heavy atom. The molecular weight excluding hydrogens is 329 g/mol. The maximum absolute atomic E-state index is 11.2. The minimum atomic E-state index is -1.38. The van der Waals surface area contributed by atoms with Crippen molar-refractivity contribution in [1.29, 1.82) is 0 Å².